The molecule has 0 unspecified atom stereocenters. The first-order valence-corrected chi connectivity index (χ1v) is 6.94. The summed E-state index contributed by atoms with van der Waals surface area (Å²) >= 11 is 7.29. The van der Waals surface area contributed by atoms with Crippen molar-refractivity contribution in [2.45, 2.75) is 11.7 Å². The van der Waals surface area contributed by atoms with Crippen LogP contribution in [0.2, 0.25) is 5.02 Å². The molecule has 1 heterocycles. The molecule has 4 nitrogen and oxygen atoms in total. The molecule has 0 saturated heterocycles. The van der Waals surface area contributed by atoms with E-state index in [0.717, 1.165) is 16.4 Å². The molecule has 0 atom stereocenters. The highest BCUT2D eigenvalue weighted by Gasteiger charge is 2.01. The largest absolute Gasteiger partial charge is 0.383 e. The van der Waals surface area contributed by atoms with Crippen LogP contribution in [0.25, 0.3) is 0 Å². The maximum absolute atomic E-state index is 5.83. The fourth-order valence-electron chi connectivity index (χ4n) is 1.42. The number of nitrogens with one attached hydrogen (secondary N) is 1. The quantitative estimate of drug-likeness (QED) is 0.666. The maximum atomic E-state index is 5.83. The molecule has 6 heteroatoms. The van der Waals surface area contributed by atoms with Gasteiger partial charge >= 0.3 is 0 Å². The Morgan fingerprint density at radius 2 is 2.00 bits per heavy atom. The van der Waals surface area contributed by atoms with Crippen molar-refractivity contribution in [2.75, 3.05) is 17.3 Å². The van der Waals surface area contributed by atoms with Gasteiger partial charge in [-0.05, 0) is 24.0 Å². The molecule has 0 bridgehead atoms. The highest BCUT2D eigenvalue weighted by atomic mass is 35.5. The maximum Gasteiger partial charge on any atom is 0.191 e. The fraction of sp³-hybridized carbons (Fsp3) is 0.167. The van der Waals surface area contributed by atoms with Gasteiger partial charge in [0.2, 0.25) is 0 Å². The molecule has 0 aliphatic rings. The SMILES string of the molecule is CSc1nc(N)cc(NCc2ccc(Cl)cc2)n1. The topological polar surface area (TPSA) is 63.8 Å². The molecule has 0 fully saturated rings. The van der Waals surface area contributed by atoms with Gasteiger partial charge in [0, 0.05) is 17.6 Å². The van der Waals surface area contributed by atoms with Gasteiger partial charge in [-0.3, -0.25) is 0 Å². The van der Waals surface area contributed by atoms with E-state index in [-0.39, 0.29) is 0 Å². The summed E-state index contributed by atoms with van der Waals surface area (Å²) in [5, 5.41) is 4.60. The Balaban J connectivity index is 2.05. The third kappa shape index (κ3) is 3.51. The van der Waals surface area contributed by atoms with Gasteiger partial charge < -0.3 is 11.1 Å². The number of hydrogen-bond donors (Lipinski definition) is 2. The van der Waals surface area contributed by atoms with Crippen molar-refractivity contribution in [1.29, 1.82) is 0 Å². The number of nitrogens with zero attached hydrogens (tertiary/aromatic N) is 2. The molecule has 1 aromatic heterocycles. The van der Waals surface area contributed by atoms with E-state index in [1.54, 1.807) is 6.07 Å². The second-order valence-corrected chi connectivity index (χ2v) is 4.85. The average Bonchev–Trinajstić information content (AvgIpc) is 2.37. The predicted octanol–water partition coefficient (Wildman–Crippen LogP) is 3.05. The van der Waals surface area contributed by atoms with Crippen molar-refractivity contribution in [3.05, 3.63) is 40.9 Å². The summed E-state index contributed by atoms with van der Waals surface area (Å²) in [5.41, 5.74) is 6.83. The summed E-state index contributed by atoms with van der Waals surface area (Å²) in [7, 11) is 0. The van der Waals surface area contributed by atoms with Crippen molar-refractivity contribution in [2.24, 2.45) is 0 Å². The normalized spacial score (nSPS) is 10.3. The van der Waals surface area contributed by atoms with Gasteiger partial charge in [-0.2, -0.15) is 0 Å². The molecule has 0 saturated carbocycles. The van der Waals surface area contributed by atoms with E-state index in [9.17, 15) is 0 Å². The molecule has 0 aliphatic carbocycles. The molecule has 2 aromatic rings. The first-order chi connectivity index (χ1) is 8.67. The first kappa shape index (κ1) is 13.0. The third-order valence-electron chi connectivity index (χ3n) is 2.29. The summed E-state index contributed by atoms with van der Waals surface area (Å²) in [4.78, 5) is 8.41. The standard InChI is InChI=1S/C12H13ClN4S/c1-18-12-16-10(14)6-11(17-12)15-7-8-2-4-9(13)5-3-8/h2-6H,7H2,1H3,(H3,14,15,16,17). The lowest BCUT2D eigenvalue weighted by Gasteiger charge is -2.07. The van der Waals surface area contributed by atoms with Crippen molar-refractivity contribution in [3.63, 3.8) is 0 Å². The van der Waals surface area contributed by atoms with E-state index in [1.807, 2.05) is 30.5 Å². The van der Waals surface area contributed by atoms with Crippen molar-refractivity contribution in [1.82, 2.24) is 9.97 Å². The van der Waals surface area contributed by atoms with Gasteiger partial charge in [0.05, 0.1) is 0 Å². The van der Waals surface area contributed by atoms with Gasteiger partial charge in [-0.25, -0.2) is 9.97 Å². The van der Waals surface area contributed by atoms with Crippen LogP contribution in [-0.4, -0.2) is 16.2 Å². The van der Waals surface area contributed by atoms with Crippen LogP contribution in [0.4, 0.5) is 11.6 Å². The van der Waals surface area contributed by atoms with E-state index >= 15 is 0 Å². The minimum Gasteiger partial charge on any atom is -0.383 e. The zero-order valence-electron chi connectivity index (χ0n) is 9.85. The Morgan fingerprint density at radius 1 is 1.28 bits per heavy atom. The summed E-state index contributed by atoms with van der Waals surface area (Å²) in [6, 6.07) is 9.38. The predicted molar refractivity (Wildman–Crippen MR) is 77.0 cm³/mol. The third-order valence-corrected chi connectivity index (χ3v) is 3.09. The van der Waals surface area contributed by atoms with Gasteiger partial charge in [0.1, 0.15) is 11.6 Å². The molecule has 0 amide bonds. The second-order valence-electron chi connectivity index (χ2n) is 3.64. The zero-order valence-corrected chi connectivity index (χ0v) is 11.4. The Bertz CT molecular complexity index is 530. The molecule has 94 valence electrons. The van der Waals surface area contributed by atoms with Crippen molar-refractivity contribution in [3.8, 4) is 0 Å². The van der Waals surface area contributed by atoms with Gasteiger partial charge in [-0.1, -0.05) is 35.5 Å². The number of halogens is 1. The van der Waals surface area contributed by atoms with E-state index < -0.39 is 0 Å². The second kappa shape index (κ2) is 5.93. The Morgan fingerprint density at radius 3 is 2.67 bits per heavy atom. The molecular weight excluding hydrogens is 268 g/mol. The van der Waals surface area contributed by atoms with Crippen LogP contribution in [0.3, 0.4) is 0 Å². The smallest absolute Gasteiger partial charge is 0.191 e. The van der Waals surface area contributed by atoms with Gasteiger partial charge in [0.25, 0.3) is 0 Å². The Kier molecular flexibility index (Phi) is 4.28. The fourth-order valence-corrected chi connectivity index (χ4v) is 1.93. The number of hydrogen-bond acceptors (Lipinski definition) is 5. The summed E-state index contributed by atoms with van der Waals surface area (Å²) in [6.07, 6.45) is 1.91. The number of benzene rings is 1. The Labute approximate surface area is 115 Å². The van der Waals surface area contributed by atoms with Crippen molar-refractivity contribution < 1.29 is 0 Å². The summed E-state index contributed by atoms with van der Waals surface area (Å²) in [5.74, 6) is 1.19. The summed E-state index contributed by atoms with van der Waals surface area (Å²) in [6.45, 7) is 0.668. The summed E-state index contributed by atoms with van der Waals surface area (Å²) < 4.78 is 0. The van der Waals surface area contributed by atoms with E-state index in [0.29, 0.717) is 17.5 Å². The first-order valence-electron chi connectivity index (χ1n) is 5.34. The van der Waals surface area contributed by atoms with Crippen LogP contribution in [0.1, 0.15) is 5.56 Å². The number of nitrogens with two attached hydrogens (primary N) is 1. The van der Waals surface area contributed by atoms with E-state index in [1.165, 1.54) is 11.8 Å². The number of nitrogen functional groups attached to an aromatic ring is 1. The molecule has 0 radical (unpaired) electrons. The zero-order chi connectivity index (χ0) is 13.0. The van der Waals surface area contributed by atoms with Crippen LogP contribution >= 0.6 is 23.4 Å². The lowest BCUT2D eigenvalue weighted by Crippen LogP contribution is -2.04. The van der Waals surface area contributed by atoms with E-state index in [2.05, 4.69) is 15.3 Å². The van der Waals surface area contributed by atoms with Crippen LogP contribution in [0, 0.1) is 0 Å². The lowest BCUT2D eigenvalue weighted by molar-refractivity contribution is 0.964. The van der Waals surface area contributed by atoms with Crippen LogP contribution in [-0.2, 0) is 6.54 Å². The molecule has 0 spiro atoms. The molecular formula is C12H13ClN4S. The number of aromatic nitrogens is 2. The van der Waals surface area contributed by atoms with Crippen LogP contribution in [0.15, 0.2) is 35.5 Å². The number of rotatable bonds is 4. The molecule has 1 aromatic carbocycles. The minimum atomic E-state index is 0.466. The molecule has 0 aliphatic heterocycles. The number of thioether (sulfide) groups is 1. The molecule has 2 rings (SSSR count). The van der Waals surface area contributed by atoms with Crippen LogP contribution in [0.5, 0.6) is 0 Å². The molecule has 18 heavy (non-hydrogen) atoms. The lowest BCUT2D eigenvalue weighted by atomic mass is 10.2. The highest BCUT2D eigenvalue weighted by molar-refractivity contribution is 7.98. The van der Waals surface area contributed by atoms with Gasteiger partial charge in [0.15, 0.2) is 5.16 Å². The van der Waals surface area contributed by atoms with Gasteiger partial charge in [-0.15, -0.1) is 0 Å². The van der Waals surface area contributed by atoms with Crippen LogP contribution < -0.4 is 11.1 Å². The average molecular weight is 281 g/mol. The number of anilines is 2. The monoisotopic (exact) mass is 280 g/mol. The minimum absolute atomic E-state index is 0.466. The molecule has 3 N–H and O–H groups in total. The van der Waals surface area contributed by atoms with E-state index in [4.69, 9.17) is 17.3 Å². The van der Waals surface area contributed by atoms with Crippen molar-refractivity contribution >= 4 is 35.0 Å². The highest BCUT2D eigenvalue weighted by Crippen LogP contribution is 2.16. The Hall–Kier alpha value is -1.46.